The Balaban J connectivity index is 2.36. The van der Waals surface area contributed by atoms with Gasteiger partial charge >= 0.3 is 0 Å². The fourth-order valence-corrected chi connectivity index (χ4v) is 2.17. The molecule has 19 heavy (non-hydrogen) atoms. The molecule has 1 unspecified atom stereocenters. The summed E-state index contributed by atoms with van der Waals surface area (Å²) in [5.74, 6) is 1.31. The van der Waals surface area contributed by atoms with Gasteiger partial charge in [-0.3, -0.25) is 0 Å². The molecule has 0 radical (unpaired) electrons. The van der Waals surface area contributed by atoms with Gasteiger partial charge in [0, 0.05) is 12.7 Å². The Bertz CT molecular complexity index is 550. The summed E-state index contributed by atoms with van der Waals surface area (Å²) < 4.78 is 6.90. The Labute approximate surface area is 117 Å². The van der Waals surface area contributed by atoms with E-state index < -0.39 is 0 Å². The summed E-state index contributed by atoms with van der Waals surface area (Å²) in [5.41, 5.74) is 0.858. The molecule has 0 aliphatic rings. The quantitative estimate of drug-likeness (QED) is 0.824. The van der Waals surface area contributed by atoms with Crippen molar-refractivity contribution in [2.24, 2.45) is 0 Å². The molecule has 0 aliphatic carbocycles. The topological polar surface area (TPSA) is 64.3 Å². The largest absolute Gasteiger partial charge is 0.383 e. The lowest BCUT2D eigenvalue weighted by molar-refractivity contribution is 0.182. The molecule has 0 fully saturated rings. The van der Waals surface area contributed by atoms with Crippen LogP contribution in [0, 0.1) is 6.92 Å². The average Bonchev–Trinajstić information content (AvgIpc) is 2.83. The molecule has 2 heterocycles. The summed E-state index contributed by atoms with van der Waals surface area (Å²) in [7, 11) is 1.70. The van der Waals surface area contributed by atoms with E-state index in [4.69, 9.17) is 16.3 Å². The zero-order valence-electron chi connectivity index (χ0n) is 11.4. The molecular weight excluding hydrogens is 266 g/mol. The second-order valence-electron chi connectivity index (χ2n) is 4.43. The lowest BCUT2D eigenvalue weighted by atomic mass is 10.1. The Morgan fingerprint density at radius 3 is 3.00 bits per heavy atom. The van der Waals surface area contributed by atoms with Crippen LogP contribution in [0.5, 0.6) is 0 Å². The molecule has 0 saturated heterocycles. The van der Waals surface area contributed by atoms with Crippen molar-refractivity contribution in [3.05, 3.63) is 17.0 Å². The molecule has 0 spiro atoms. The summed E-state index contributed by atoms with van der Waals surface area (Å²) in [6, 6.07) is 0.208. The van der Waals surface area contributed by atoms with Crippen LogP contribution in [0.4, 0.5) is 5.82 Å². The molecule has 6 nitrogen and oxygen atoms in total. The molecule has 2 aromatic rings. The number of ether oxygens (including phenoxy) is 1. The average molecular weight is 284 g/mol. The SMILES string of the molecule is CCCC(COC)Nc1c(C)c(Cl)nc2ncnn12. The predicted molar refractivity (Wildman–Crippen MR) is 74.7 cm³/mol. The van der Waals surface area contributed by atoms with Gasteiger partial charge in [0.15, 0.2) is 0 Å². The number of halogens is 1. The van der Waals surface area contributed by atoms with Crippen molar-refractivity contribution < 1.29 is 4.74 Å². The summed E-state index contributed by atoms with van der Waals surface area (Å²) in [6.07, 6.45) is 3.54. The minimum atomic E-state index is 0.208. The van der Waals surface area contributed by atoms with Gasteiger partial charge in [-0.2, -0.15) is 19.6 Å². The van der Waals surface area contributed by atoms with E-state index in [2.05, 4.69) is 27.3 Å². The molecule has 1 atom stereocenters. The Morgan fingerprint density at radius 2 is 2.32 bits per heavy atom. The second-order valence-corrected chi connectivity index (χ2v) is 4.79. The number of rotatable bonds is 6. The summed E-state index contributed by atoms with van der Waals surface area (Å²) in [5, 5.41) is 8.05. The second kappa shape index (κ2) is 6.16. The number of nitrogens with one attached hydrogen (secondary N) is 1. The van der Waals surface area contributed by atoms with E-state index in [-0.39, 0.29) is 6.04 Å². The van der Waals surface area contributed by atoms with Gasteiger partial charge in [-0.15, -0.1) is 0 Å². The van der Waals surface area contributed by atoms with Gasteiger partial charge in [0.25, 0.3) is 5.78 Å². The number of methoxy groups -OCH3 is 1. The van der Waals surface area contributed by atoms with Crippen molar-refractivity contribution in [3.8, 4) is 0 Å². The van der Waals surface area contributed by atoms with Crippen LogP contribution < -0.4 is 5.32 Å². The molecule has 7 heteroatoms. The first kappa shape index (κ1) is 14.0. The van der Waals surface area contributed by atoms with E-state index in [9.17, 15) is 0 Å². The summed E-state index contributed by atoms with van der Waals surface area (Å²) in [4.78, 5) is 8.24. The number of aromatic nitrogens is 4. The van der Waals surface area contributed by atoms with Gasteiger partial charge in [-0.05, 0) is 13.3 Å². The van der Waals surface area contributed by atoms with Crippen LogP contribution in [-0.4, -0.2) is 39.3 Å². The van der Waals surface area contributed by atoms with E-state index in [1.165, 1.54) is 6.33 Å². The first-order valence-electron chi connectivity index (χ1n) is 6.28. The maximum absolute atomic E-state index is 6.12. The third kappa shape index (κ3) is 2.96. The molecule has 0 saturated carbocycles. The van der Waals surface area contributed by atoms with Gasteiger partial charge in [-0.1, -0.05) is 24.9 Å². The zero-order valence-corrected chi connectivity index (χ0v) is 12.1. The van der Waals surface area contributed by atoms with Gasteiger partial charge in [-0.25, -0.2) is 0 Å². The van der Waals surface area contributed by atoms with Crippen molar-refractivity contribution in [2.75, 3.05) is 19.0 Å². The Hall–Kier alpha value is -1.40. The predicted octanol–water partition coefficient (Wildman–Crippen LogP) is 2.31. The van der Waals surface area contributed by atoms with Gasteiger partial charge in [0.1, 0.15) is 17.3 Å². The molecule has 0 amide bonds. The van der Waals surface area contributed by atoms with Crippen LogP contribution in [0.3, 0.4) is 0 Å². The van der Waals surface area contributed by atoms with Gasteiger partial charge < -0.3 is 10.1 Å². The molecule has 1 N–H and O–H groups in total. The van der Waals surface area contributed by atoms with E-state index in [0.29, 0.717) is 17.5 Å². The zero-order chi connectivity index (χ0) is 13.8. The molecule has 0 aromatic carbocycles. The normalized spacial score (nSPS) is 12.8. The van der Waals surface area contributed by atoms with E-state index >= 15 is 0 Å². The number of fused-ring (bicyclic) bond motifs is 1. The third-order valence-electron chi connectivity index (χ3n) is 2.95. The lowest BCUT2D eigenvalue weighted by Crippen LogP contribution is -2.26. The smallest absolute Gasteiger partial charge is 0.255 e. The van der Waals surface area contributed by atoms with E-state index in [1.807, 2.05) is 6.92 Å². The number of hydrogen-bond acceptors (Lipinski definition) is 5. The van der Waals surface area contributed by atoms with Crippen molar-refractivity contribution >= 4 is 23.2 Å². The van der Waals surface area contributed by atoms with Crippen LogP contribution in [0.2, 0.25) is 5.15 Å². The number of hydrogen-bond donors (Lipinski definition) is 1. The van der Waals surface area contributed by atoms with Crippen molar-refractivity contribution in [1.29, 1.82) is 0 Å². The van der Waals surface area contributed by atoms with Crippen LogP contribution in [0.1, 0.15) is 25.3 Å². The van der Waals surface area contributed by atoms with Crippen LogP contribution >= 0.6 is 11.6 Å². The first-order valence-corrected chi connectivity index (χ1v) is 6.66. The molecule has 2 aromatic heterocycles. The van der Waals surface area contributed by atoms with Crippen LogP contribution in [-0.2, 0) is 4.74 Å². The minimum Gasteiger partial charge on any atom is -0.383 e. The molecular formula is C12H18ClN5O. The molecule has 2 rings (SSSR count). The highest BCUT2D eigenvalue weighted by atomic mass is 35.5. The van der Waals surface area contributed by atoms with Crippen molar-refractivity contribution in [1.82, 2.24) is 19.6 Å². The highest BCUT2D eigenvalue weighted by Crippen LogP contribution is 2.23. The van der Waals surface area contributed by atoms with Gasteiger partial charge in [0.2, 0.25) is 0 Å². The number of nitrogens with zero attached hydrogens (tertiary/aromatic N) is 4. The molecule has 0 bridgehead atoms. The minimum absolute atomic E-state index is 0.208. The fraction of sp³-hybridized carbons (Fsp3) is 0.583. The fourth-order valence-electron chi connectivity index (χ4n) is 2.01. The van der Waals surface area contributed by atoms with E-state index in [1.54, 1.807) is 11.6 Å². The Morgan fingerprint density at radius 1 is 1.53 bits per heavy atom. The van der Waals surface area contributed by atoms with Crippen LogP contribution in [0.25, 0.3) is 5.78 Å². The van der Waals surface area contributed by atoms with E-state index in [0.717, 1.165) is 24.2 Å². The highest BCUT2D eigenvalue weighted by Gasteiger charge is 2.15. The number of anilines is 1. The maximum atomic E-state index is 6.12. The monoisotopic (exact) mass is 283 g/mol. The van der Waals surface area contributed by atoms with Gasteiger partial charge in [0.05, 0.1) is 12.6 Å². The first-order chi connectivity index (χ1) is 9.17. The standard InChI is InChI=1S/C12H18ClN5O/c1-4-5-9(6-19-3)16-11-8(2)10(13)17-12-14-7-15-18(11)12/h7,9,16H,4-6H2,1-3H3. The summed E-state index contributed by atoms with van der Waals surface area (Å²) >= 11 is 6.12. The highest BCUT2D eigenvalue weighted by molar-refractivity contribution is 6.30. The molecule has 104 valence electrons. The van der Waals surface area contributed by atoms with Crippen molar-refractivity contribution in [3.63, 3.8) is 0 Å². The molecule has 0 aliphatic heterocycles. The summed E-state index contributed by atoms with van der Waals surface area (Å²) in [6.45, 7) is 4.68. The third-order valence-corrected chi connectivity index (χ3v) is 3.32. The maximum Gasteiger partial charge on any atom is 0.255 e. The lowest BCUT2D eigenvalue weighted by Gasteiger charge is -2.20. The van der Waals surface area contributed by atoms with Crippen molar-refractivity contribution in [2.45, 2.75) is 32.7 Å². The van der Waals surface area contributed by atoms with Crippen LogP contribution in [0.15, 0.2) is 6.33 Å². The Kier molecular flexibility index (Phi) is 4.55.